The van der Waals surface area contributed by atoms with Crippen molar-refractivity contribution in [2.75, 3.05) is 19.0 Å². The normalized spacial score (nSPS) is 19.8. The zero-order chi connectivity index (χ0) is 18.5. The van der Waals surface area contributed by atoms with Crippen LogP contribution in [-0.4, -0.2) is 34.7 Å². The second-order valence-electron chi connectivity index (χ2n) is 6.89. The SMILES string of the molecule is COc1cccc(-c2cc(C)nc(NCC3CCC(C(=O)O)CC3)n2)c1. The fourth-order valence-corrected chi connectivity index (χ4v) is 3.43. The van der Waals surface area contributed by atoms with Gasteiger partial charge in [0.2, 0.25) is 5.95 Å². The lowest BCUT2D eigenvalue weighted by Crippen LogP contribution is -2.25. The van der Waals surface area contributed by atoms with E-state index in [2.05, 4.69) is 15.3 Å². The number of carboxylic acid groups (broad SMARTS) is 1. The van der Waals surface area contributed by atoms with Gasteiger partial charge >= 0.3 is 5.97 Å². The van der Waals surface area contributed by atoms with Gasteiger partial charge in [0.15, 0.2) is 0 Å². The van der Waals surface area contributed by atoms with Crippen LogP contribution in [0.1, 0.15) is 31.4 Å². The summed E-state index contributed by atoms with van der Waals surface area (Å²) in [6.07, 6.45) is 3.37. The third-order valence-corrected chi connectivity index (χ3v) is 4.96. The number of carbonyl (C=O) groups is 1. The first-order valence-corrected chi connectivity index (χ1v) is 9.02. The maximum atomic E-state index is 11.1. The Hall–Kier alpha value is -2.63. The fraction of sp³-hybridized carbons (Fsp3) is 0.450. The standard InChI is InChI=1S/C20H25N3O3/c1-13-10-18(16-4-3-5-17(11-16)26-2)23-20(22-13)21-12-14-6-8-15(9-7-14)19(24)25/h3-5,10-11,14-15H,6-9,12H2,1-2H3,(H,24,25)(H,21,22,23). The van der Waals surface area contributed by atoms with Crippen molar-refractivity contribution < 1.29 is 14.6 Å². The molecule has 0 radical (unpaired) electrons. The molecule has 0 aliphatic heterocycles. The Morgan fingerprint density at radius 3 is 2.69 bits per heavy atom. The van der Waals surface area contributed by atoms with Crippen molar-refractivity contribution >= 4 is 11.9 Å². The van der Waals surface area contributed by atoms with Crippen LogP contribution in [0.2, 0.25) is 0 Å². The lowest BCUT2D eigenvalue weighted by molar-refractivity contribution is -0.143. The average molecular weight is 355 g/mol. The highest BCUT2D eigenvalue weighted by molar-refractivity contribution is 5.70. The van der Waals surface area contributed by atoms with Crippen molar-refractivity contribution in [1.29, 1.82) is 0 Å². The minimum Gasteiger partial charge on any atom is -0.497 e. The van der Waals surface area contributed by atoms with Gasteiger partial charge in [0.05, 0.1) is 18.7 Å². The summed E-state index contributed by atoms with van der Waals surface area (Å²) in [7, 11) is 1.65. The minimum atomic E-state index is -0.665. The van der Waals surface area contributed by atoms with Crippen molar-refractivity contribution in [3.63, 3.8) is 0 Å². The van der Waals surface area contributed by atoms with Crippen LogP contribution in [0.5, 0.6) is 5.75 Å². The maximum Gasteiger partial charge on any atom is 0.306 e. The van der Waals surface area contributed by atoms with Crippen LogP contribution in [0, 0.1) is 18.8 Å². The molecule has 1 saturated carbocycles. The zero-order valence-corrected chi connectivity index (χ0v) is 15.2. The second kappa shape index (κ2) is 8.17. The lowest BCUT2D eigenvalue weighted by Gasteiger charge is -2.26. The molecule has 0 bridgehead atoms. The van der Waals surface area contributed by atoms with Gasteiger partial charge in [-0.05, 0) is 56.7 Å². The van der Waals surface area contributed by atoms with E-state index < -0.39 is 5.97 Å². The molecule has 0 spiro atoms. The van der Waals surface area contributed by atoms with Crippen molar-refractivity contribution in [2.24, 2.45) is 11.8 Å². The molecule has 0 saturated heterocycles. The fourth-order valence-electron chi connectivity index (χ4n) is 3.43. The zero-order valence-electron chi connectivity index (χ0n) is 15.2. The third-order valence-electron chi connectivity index (χ3n) is 4.96. The highest BCUT2D eigenvalue weighted by Crippen LogP contribution is 2.29. The maximum absolute atomic E-state index is 11.1. The molecule has 138 valence electrons. The van der Waals surface area contributed by atoms with E-state index in [9.17, 15) is 4.79 Å². The molecular weight excluding hydrogens is 330 g/mol. The van der Waals surface area contributed by atoms with Crippen molar-refractivity contribution in [3.8, 4) is 17.0 Å². The Kier molecular flexibility index (Phi) is 5.71. The van der Waals surface area contributed by atoms with Crippen LogP contribution in [0.15, 0.2) is 30.3 Å². The van der Waals surface area contributed by atoms with E-state index in [1.165, 1.54) is 0 Å². The van der Waals surface area contributed by atoms with Gasteiger partial charge in [-0.3, -0.25) is 4.79 Å². The van der Waals surface area contributed by atoms with Crippen LogP contribution in [0.3, 0.4) is 0 Å². The summed E-state index contributed by atoms with van der Waals surface area (Å²) in [5.41, 5.74) is 2.74. The number of methoxy groups -OCH3 is 1. The summed E-state index contributed by atoms with van der Waals surface area (Å²) in [6.45, 7) is 2.72. The summed E-state index contributed by atoms with van der Waals surface area (Å²) in [4.78, 5) is 20.2. The second-order valence-corrected chi connectivity index (χ2v) is 6.89. The largest absolute Gasteiger partial charge is 0.497 e. The number of carboxylic acids is 1. The molecule has 6 nitrogen and oxygen atoms in total. The van der Waals surface area contributed by atoms with E-state index in [1.807, 2.05) is 37.3 Å². The Labute approximate surface area is 153 Å². The van der Waals surface area contributed by atoms with Gasteiger partial charge in [0, 0.05) is 17.8 Å². The van der Waals surface area contributed by atoms with E-state index in [0.29, 0.717) is 11.9 Å². The van der Waals surface area contributed by atoms with Gasteiger partial charge in [0.1, 0.15) is 5.75 Å². The monoisotopic (exact) mass is 355 g/mol. The molecule has 1 aromatic heterocycles. The van der Waals surface area contributed by atoms with Crippen LogP contribution >= 0.6 is 0 Å². The number of anilines is 1. The molecule has 0 amide bonds. The first-order valence-electron chi connectivity index (χ1n) is 9.02. The van der Waals surface area contributed by atoms with Gasteiger partial charge in [0.25, 0.3) is 0 Å². The molecule has 3 rings (SSSR count). The van der Waals surface area contributed by atoms with Crippen molar-refractivity contribution in [3.05, 3.63) is 36.0 Å². The molecule has 26 heavy (non-hydrogen) atoms. The number of ether oxygens (including phenoxy) is 1. The number of benzene rings is 1. The third kappa shape index (κ3) is 4.50. The summed E-state index contributed by atoms with van der Waals surface area (Å²) in [5, 5.41) is 12.4. The number of hydrogen-bond donors (Lipinski definition) is 2. The predicted molar refractivity (Wildman–Crippen MR) is 100 cm³/mol. The van der Waals surface area contributed by atoms with Crippen LogP contribution in [-0.2, 0) is 4.79 Å². The number of aromatic nitrogens is 2. The number of hydrogen-bond acceptors (Lipinski definition) is 5. The van der Waals surface area contributed by atoms with E-state index in [4.69, 9.17) is 9.84 Å². The smallest absolute Gasteiger partial charge is 0.306 e. The molecule has 1 aliphatic carbocycles. The van der Waals surface area contributed by atoms with Crippen LogP contribution < -0.4 is 10.1 Å². The molecule has 6 heteroatoms. The van der Waals surface area contributed by atoms with Crippen LogP contribution in [0.25, 0.3) is 11.3 Å². The summed E-state index contributed by atoms with van der Waals surface area (Å²) in [5.74, 6) is 1.03. The predicted octanol–water partition coefficient (Wildman–Crippen LogP) is 3.76. The highest BCUT2D eigenvalue weighted by atomic mass is 16.5. The molecule has 0 unspecified atom stereocenters. The number of aryl methyl sites for hydroxylation is 1. The molecule has 0 atom stereocenters. The van der Waals surface area contributed by atoms with E-state index >= 15 is 0 Å². The van der Waals surface area contributed by atoms with Gasteiger partial charge in [-0.15, -0.1) is 0 Å². The van der Waals surface area contributed by atoms with E-state index in [-0.39, 0.29) is 5.92 Å². The van der Waals surface area contributed by atoms with Gasteiger partial charge in [-0.25, -0.2) is 9.97 Å². The molecule has 1 aromatic carbocycles. The molecular formula is C20H25N3O3. The minimum absolute atomic E-state index is 0.180. The lowest BCUT2D eigenvalue weighted by atomic mass is 9.82. The Bertz CT molecular complexity index is 771. The number of rotatable bonds is 6. The summed E-state index contributed by atoms with van der Waals surface area (Å²) in [6, 6.07) is 9.77. The van der Waals surface area contributed by atoms with E-state index in [0.717, 1.165) is 54.9 Å². The molecule has 2 N–H and O–H groups in total. The molecule has 2 aromatic rings. The van der Waals surface area contributed by atoms with Crippen LogP contribution in [0.4, 0.5) is 5.95 Å². The average Bonchev–Trinajstić information content (AvgIpc) is 2.66. The topological polar surface area (TPSA) is 84.3 Å². The Morgan fingerprint density at radius 1 is 1.23 bits per heavy atom. The van der Waals surface area contributed by atoms with Gasteiger partial charge < -0.3 is 15.2 Å². The van der Waals surface area contributed by atoms with E-state index in [1.54, 1.807) is 7.11 Å². The van der Waals surface area contributed by atoms with Crippen molar-refractivity contribution in [2.45, 2.75) is 32.6 Å². The first-order chi connectivity index (χ1) is 12.5. The number of nitrogens with zero attached hydrogens (tertiary/aromatic N) is 2. The highest BCUT2D eigenvalue weighted by Gasteiger charge is 2.25. The molecule has 1 aliphatic rings. The van der Waals surface area contributed by atoms with Gasteiger partial charge in [-0.2, -0.15) is 0 Å². The summed E-state index contributed by atoms with van der Waals surface area (Å²) < 4.78 is 5.29. The van der Waals surface area contributed by atoms with Crippen molar-refractivity contribution in [1.82, 2.24) is 9.97 Å². The quantitative estimate of drug-likeness (QED) is 0.821. The Balaban J connectivity index is 1.66. The number of nitrogens with one attached hydrogen (secondary N) is 1. The Morgan fingerprint density at radius 2 is 2.00 bits per heavy atom. The first kappa shape index (κ1) is 18.2. The van der Waals surface area contributed by atoms with Gasteiger partial charge in [-0.1, -0.05) is 12.1 Å². The molecule has 1 fully saturated rings. The number of aliphatic carboxylic acids is 1. The molecule has 1 heterocycles. The summed E-state index contributed by atoms with van der Waals surface area (Å²) >= 11 is 0.